The number of aromatic amines is 1. The molecule has 2 aliphatic heterocycles. The fraction of sp³-hybridized carbons (Fsp3) is 0.407. The molecule has 3 aromatic rings. The summed E-state index contributed by atoms with van der Waals surface area (Å²) in [7, 11) is 0. The molecule has 2 aromatic carbocycles. The Labute approximate surface area is 210 Å². The van der Waals surface area contributed by atoms with Gasteiger partial charge in [0.2, 0.25) is 0 Å². The number of urea groups is 1. The lowest BCUT2D eigenvalue weighted by Gasteiger charge is -2.41. The minimum absolute atomic E-state index is 0.0678. The van der Waals surface area contributed by atoms with Crippen LogP contribution in [0.4, 0.5) is 9.18 Å². The van der Waals surface area contributed by atoms with Gasteiger partial charge in [0.15, 0.2) is 0 Å². The van der Waals surface area contributed by atoms with Crippen LogP contribution in [0.3, 0.4) is 0 Å². The first-order valence-electron chi connectivity index (χ1n) is 12.2. The number of rotatable bonds is 4. The number of carbonyl (C=O) groups is 1. The number of nitrogens with one attached hydrogen (secondary N) is 1. The smallest absolute Gasteiger partial charge is 0.320 e. The highest BCUT2D eigenvalue weighted by molar-refractivity contribution is 6.31. The summed E-state index contributed by atoms with van der Waals surface area (Å²) in [6.07, 6.45) is 1.91. The Bertz CT molecular complexity index is 1180. The van der Waals surface area contributed by atoms with Crippen LogP contribution in [0.25, 0.3) is 11.3 Å². The van der Waals surface area contributed by atoms with Crippen molar-refractivity contribution in [1.82, 2.24) is 20.0 Å². The number of benzene rings is 2. The fourth-order valence-corrected chi connectivity index (χ4v) is 5.23. The maximum atomic E-state index is 13.6. The number of H-pyrrole nitrogens is 1. The van der Waals surface area contributed by atoms with E-state index in [4.69, 9.17) is 16.3 Å². The number of halogens is 2. The summed E-state index contributed by atoms with van der Waals surface area (Å²) >= 11 is 5.98. The van der Waals surface area contributed by atoms with Gasteiger partial charge in [0, 0.05) is 49.3 Å². The third-order valence-corrected chi connectivity index (χ3v) is 7.40. The molecule has 2 atom stereocenters. The number of carbonyl (C=O) groups excluding carboxylic acids is 1. The van der Waals surface area contributed by atoms with Crippen molar-refractivity contribution in [2.75, 3.05) is 39.4 Å². The van der Waals surface area contributed by atoms with Gasteiger partial charge in [-0.15, -0.1) is 0 Å². The number of morpholine rings is 1. The third-order valence-electron chi connectivity index (χ3n) is 7.11. The number of hydrogen-bond donors (Lipinski definition) is 1. The van der Waals surface area contributed by atoms with Crippen molar-refractivity contribution in [3.05, 3.63) is 76.2 Å². The Kier molecular flexibility index (Phi) is 7.07. The first-order chi connectivity index (χ1) is 17.0. The third kappa shape index (κ3) is 5.21. The van der Waals surface area contributed by atoms with E-state index in [1.54, 1.807) is 12.1 Å². The average molecular weight is 497 g/mol. The molecule has 0 spiro atoms. The minimum Gasteiger partial charge on any atom is -0.378 e. The van der Waals surface area contributed by atoms with Gasteiger partial charge in [0.05, 0.1) is 23.9 Å². The summed E-state index contributed by atoms with van der Waals surface area (Å²) in [5, 5.41) is 7.73. The molecule has 0 radical (unpaired) electrons. The Morgan fingerprint density at radius 2 is 1.83 bits per heavy atom. The van der Waals surface area contributed by atoms with Crippen LogP contribution < -0.4 is 0 Å². The first kappa shape index (κ1) is 23.8. The summed E-state index contributed by atoms with van der Waals surface area (Å²) < 4.78 is 19.1. The molecule has 2 unspecified atom stereocenters. The lowest BCUT2D eigenvalue weighted by Crippen LogP contribution is -2.52. The Balaban J connectivity index is 1.41. The lowest BCUT2D eigenvalue weighted by molar-refractivity contribution is 0.0398. The quantitative estimate of drug-likeness (QED) is 0.522. The van der Waals surface area contributed by atoms with Gasteiger partial charge in [-0.3, -0.25) is 5.10 Å². The molecule has 1 aromatic heterocycles. The summed E-state index contributed by atoms with van der Waals surface area (Å²) in [6, 6.07) is 15.4. The molecule has 5 rings (SSSR count). The number of hydrogen-bond acceptors (Lipinski definition) is 3. The number of piperidine rings is 1. The molecular weight excluding hydrogens is 467 g/mol. The summed E-state index contributed by atoms with van der Waals surface area (Å²) in [4.78, 5) is 17.3. The van der Waals surface area contributed by atoms with Crippen LogP contribution in [0, 0.1) is 5.82 Å². The zero-order valence-electron chi connectivity index (χ0n) is 19.8. The van der Waals surface area contributed by atoms with Gasteiger partial charge < -0.3 is 14.5 Å². The molecular formula is C27H30ClFN4O2. The monoisotopic (exact) mass is 496 g/mol. The van der Waals surface area contributed by atoms with Gasteiger partial charge in [-0.25, -0.2) is 9.18 Å². The van der Waals surface area contributed by atoms with Crippen LogP contribution in [-0.2, 0) is 11.2 Å². The molecule has 2 aliphatic rings. The van der Waals surface area contributed by atoms with Gasteiger partial charge in [-0.05, 0) is 48.2 Å². The van der Waals surface area contributed by atoms with Crippen molar-refractivity contribution < 1.29 is 13.9 Å². The van der Waals surface area contributed by atoms with Gasteiger partial charge in [-0.2, -0.15) is 5.10 Å². The number of amides is 2. The highest BCUT2D eigenvalue weighted by atomic mass is 35.5. The Morgan fingerprint density at radius 3 is 2.54 bits per heavy atom. The molecule has 3 heterocycles. The number of aryl methyl sites for hydroxylation is 1. The summed E-state index contributed by atoms with van der Waals surface area (Å²) in [5.74, 6) is -0.133. The molecule has 2 saturated heterocycles. The number of aromatic nitrogens is 2. The van der Waals surface area contributed by atoms with Crippen LogP contribution in [0.5, 0.6) is 0 Å². The maximum Gasteiger partial charge on any atom is 0.320 e. The second-order valence-electron chi connectivity index (χ2n) is 9.35. The fourth-order valence-electron chi connectivity index (χ4n) is 5.05. The highest BCUT2D eigenvalue weighted by Gasteiger charge is 2.35. The van der Waals surface area contributed by atoms with Crippen LogP contribution in [0.2, 0.25) is 5.02 Å². The van der Waals surface area contributed by atoms with E-state index < -0.39 is 5.82 Å². The molecule has 2 fully saturated rings. The van der Waals surface area contributed by atoms with E-state index in [2.05, 4.69) is 41.4 Å². The number of nitrogens with zero attached hydrogens (tertiary/aromatic N) is 3. The normalized spacial score (nSPS) is 20.8. The molecule has 1 N–H and O–H groups in total. The van der Waals surface area contributed by atoms with E-state index in [-0.39, 0.29) is 22.9 Å². The van der Waals surface area contributed by atoms with Crippen LogP contribution in [-0.4, -0.2) is 65.4 Å². The SMILES string of the molecule is CCc1ccc(C2CC(c3cc(-c4ccc(F)c(Cl)c4)n[nH]3)CN(C(=O)N3CCOCC3)C2)cc1. The van der Waals surface area contributed by atoms with Crippen molar-refractivity contribution in [1.29, 1.82) is 0 Å². The van der Waals surface area contributed by atoms with E-state index in [1.165, 1.54) is 17.2 Å². The van der Waals surface area contributed by atoms with Crippen LogP contribution >= 0.6 is 11.6 Å². The predicted molar refractivity (Wildman–Crippen MR) is 134 cm³/mol. The van der Waals surface area contributed by atoms with E-state index in [1.807, 2.05) is 15.9 Å². The standard InChI is InChI=1S/C27H30ClFN4O2/c1-2-18-3-5-19(6-4-18)21-13-22(17-33(16-21)27(34)32-9-11-35-12-10-32)26-15-25(30-31-26)20-7-8-24(29)23(28)14-20/h3-8,14-15,21-22H,2,9-13,16-17H2,1H3,(H,30,31). The first-order valence-corrected chi connectivity index (χ1v) is 12.6. The van der Waals surface area contributed by atoms with E-state index >= 15 is 0 Å². The van der Waals surface area contributed by atoms with Crippen LogP contribution in [0.1, 0.15) is 42.0 Å². The molecule has 35 heavy (non-hydrogen) atoms. The number of ether oxygens (including phenoxy) is 1. The molecule has 184 valence electrons. The second kappa shape index (κ2) is 10.4. The highest BCUT2D eigenvalue weighted by Crippen LogP contribution is 2.37. The zero-order valence-corrected chi connectivity index (χ0v) is 20.6. The van der Waals surface area contributed by atoms with Gasteiger partial charge >= 0.3 is 6.03 Å². The van der Waals surface area contributed by atoms with E-state index in [9.17, 15) is 9.18 Å². The lowest BCUT2D eigenvalue weighted by atomic mass is 9.82. The predicted octanol–water partition coefficient (Wildman–Crippen LogP) is 5.46. The van der Waals surface area contributed by atoms with Crippen molar-refractivity contribution in [3.8, 4) is 11.3 Å². The second-order valence-corrected chi connectivity index (χ2v) is 9.76. The van der Waals surface area contributed by atoms with Crippen LogP contribution in [0.15, 0.2) is 48.5 Å². The summed E-state index contributed by atoms with van der Waals surface area (Å²) in [6.45, 7) is 5.85. The molecule has 0 bridgehead atoms. The van der Waals surface area contributed by atoms with E-state index in [0.29, 0.717) is 45.1 Å². The van der Waals surface area contributed by atoms with Crippen molar-refractivity contribution in [2.45, 2.75) is 31.6 Å². The van der Waals surface area contributed by atoms with Gasteiger partial charge in [0.25, 0.3) is 0 Å². The maximum absolute atomic E-state index is 13.6. The average Bonchev–Trinajstić information content (AvgIpc) is 3.41. The largest absolute Gasteiger partial charge is 0.378 e. The number of likely N-dealkylation sites (tertiary alicyclic amines) is 1. The van der Waals surface area contributed by atoms with Crippen molar-refractivity contribution in [2.24, 2.45) is 0 Å². The molecule has 8 heteroatoms. The molecule has 0 aliphatic carbocycles. The van der Waals surface area contributed by atoms with E-state index in [0.717, 1.165) is 24.1 Å². The minimum atomic E-state index is -0.451. The van der Waals surface area contributed by atoms with Gasteiger partial charge in [0.1, 0.15) is 5.82 Å². The topological polar surface area (TPSA) is 61.5 Å². The molecule has 0 saturated carbocycles. The summed E-state index contributed by atoms with van der Waals surface area (Å²) in [5.41, 5.74) is 4.98. The van der Waals surface area contributed by atoms with Crippen molar-refractivity contribution >= 4 is 17.6 Å². The van der Waals surface area contributed by atoms with Crippen molar-refractivity contribution in [3.63, 3.8) is 0 Å². The molecule has 2 amide bonds. The van der Waals surface area contributed by atoms with Gasteiger partial charge in [-0.1, -0.05) is 42.8 Å². The molecule has 6 nitrogen and oxygen atoms in total. The Morgan fingerprint density at radius 1 is 1.09 bits per heavy atom. The zero-order chi connectivity index (χ0) is 24.4. The Hall–Kier alpha value is -2.90.